The maximum absolute atomic E-state index is 2.34. The lowest BCUT2D eigenvalue weighted by Gasteiger charge is -2.26. The van der Waals surface area contributed by atoms with E-state index in [0.29, 0.717) is 0 Å². The molecule has 0 amide bonds. The average Bonchev–Trinajstić information content (AvgIpc) is 3.62. The van der Waals surface area contributed by atoms with Crippen molar-refractivity contribution in [2.45, 2.75) is 0 Å². The number of rotatable bonds is 6. The largest absolute Gasteiger partial charge is 0.0622 e. The Balaban J connectivity index is 1.49. The molecule has 0 atom stereocenters. The molecule has 0 aliphatic heterocycles. The van der Waals surface area contributed by atoms with E-state index in [4.69, 9.17) is 0 Å². The summed E-state index contributed by atoms with van der Waals surface area (Å²) in [6.45, 7) is 0. The fourth-order valence-electron chi connectivity index (χ4n) is 4.83. The van der Waals surface area contributed by atoms with Gasteiger partial charge in [-0.3, -0.25) is 0 Å². The second-order valence-corrected chi connectivity index (χ2v) is 13.0. The lowest BCUT2D eigenvalue weighted by atomic mass is 10.1. The molecule has 0 radical (unpaired) electrons. The van der Waals surface area contributed by atoms with Crippen LogP contribution in [0, 0.1) is 0 Å². The van der Waals surface area contributed by atoms with E-state index in [1.807, 2.05) is 0 Å². The quantitative estimate of drug-likeness (QED) is 0.243. The SMILES string of the molecule is C1=CC(=C2C=CC=C2P(c2ccccc2)c2ccccc2)C(P(c2ccccc2)c2ccccc2)=C1. The molecule has 0 nitrogen and oxygen atoms in total. The summed E-state index contributed by atoms with van der Waals surface area (Å²) in [6.07, 6.45) is 13.8. The zero-order valence-corrected chi connectivity index (χ0v) is 21.7. The van der Waals surface area contributed by atoms with E-state index in [-0.39, 0.29) is 0 Å². The average molecular weight is 497 g/mol. The van der Waals surface area contributed by atoms with Gasteiger partial charge in [0.1, 0.15) is 0 Å². The van der Waals surface area contributed by atoms with Crippen molar-refractivity contribution in [3.05, 3.63) is 180 Å². The first-order chi connectivity index (χ1) is 17.9. The Bertz CT molecular complexity index is 1300. The summed E-state index contributed by atoms with van der Waals surface area (Å²) in [4.78, 5) is 0. The molecule has 0 aromatic heterocycles. The summed E-state index contributed by atoms with van der Waals surface area (Å²) in [6, 6.07) is 44.0. The van der Waals surface area contributed by atoms with Gasteiger partial charge in [-0.2, -0.15) is 0 Å². The Morgan fingerprint density at radius 3 is 0.889 bits per heavy atom. The third kappa shape index (κ3) is 4.52. The van der Waals surface area contributed by atoms with Crippen LogP contribution in [0.5, 0.6) is 0 Å². The van der Waals surface area contributed by atoms with E-state index in [9.17, 15) is 0 Å². The zero-order chi connectivity index (χ0) is 24.2. The van der Waals surface area contributed by atoms with Crippen LogP contribution >= 0.6 is 15.8 Å². The van der Waals surface area contributed by atoms with Gasteiger partial charge in [-0.05, 0) is 58.8 Å². The van der Waals surface area contributed by atoms with Crippen molar-refractivity contribution in [3.8, 4) is 0 Å². The molecule has 2 aliphatic rings. The van der Waals surface area contributed by atoms with Gasteiger partial charge in [0.25, 0.3) is 0 Å². The molecule has 0 fully saturated rings. The van der Waals surface area contributed by atoms with Crippen LogP contribution in [-0.2, 0) is 0 Å². The van der Waals surface area contributed by atoms with E-state index < -0.39 is 15.8 Å². The smallest absolute Gasteiger partial charge is 0.00724 e. The summed E-state index contributed by atoms with van der Waals surface area (Å²) < 4.78 is 0. The van der Waals surface area contributed by atoms with Crippen LogP contribution in [0.25, 0.3) is 0 Å². The maximum Gasteiger partial charge on any atom is -0.00724 e. The summed E-state index contributed by atoms with van der Waals surface area (Å²) in [5, 5.41) is 8.37. The van der Waals surface area contributed by atoms with Crippen LogP contribution in [0.15, 0.2) is 180 Å². The molecule has 2 aliphatic carbocycles. The molecule has 0 unspecified atom stereocenters. The van der Waals surface area contributed by atoms with Crippen molar-refractivity contribution in [1.82, 2.24) is 0 Å². The molecule has 0 bridgehead atoms. The molecule has 6 rings (SSSR count). The Hall–Kier alpha value is -3.56. The Morgan fingerprint density at radius 2 is 0.611 bits per heavy atom. The fraction of sp³-hybridized carbons (Fsp3) is 0. The minimum Gasteiger partial charge on any atom is -0.0622 e. The van der Waals surface area contributed by atoms with E-state index in [2.05, 4.69) is 158 Å². The first kappa shape index (κ1) is 22.9. The molecule has 2 heteroatoms. The first-order valence-electron chi connectivity index (χ1n) is 12.2. The van der Waals surface area contributed by atoms with Gasteiger partial charge in [-0.1, -0.05) is 158 Å². The maximum atomic E-state index is 2.34. The minimum absolute atomic E-state index is 0.667. The summed E-state index contributed by atoms with van der Waals surface area (Å²) >= 11 is 0. The molecular weight excluding hydrogens is 470 g/mol. The number of benzene rings is 4. The zero-order valence-electron chi connectivity index (χ0n) is 19.9. The first-order valence-corrected chi connectivity index (χ1v) is 14.9. The second kappa shape index (κ2) is 10.6. The molecule has 0 N–H and O–H groups in total. The second-order valence-electron chi connectivity index (χ2n) is 8.66. The van der Waals surface area contributed by atoms with Gasteiger partial charge in [0.2, 0.25) is 0 Å². The van der Waals surface area contributed by atoms with Gasteiger partial charge in [-0.25, -0.2) is 0 Å². The van der Waals surface area contributed by atoms with Crippen LogP contribution in [0.4, 0.5) is 0 Å². The van der Waals surface area contributed by atoms with E-state index in [0.717, 1.165) is 0 Å². The van der Waals surface area contributed by atoms with Crippen LogP contribution < -0.4 is 21.2 Å². The van der Waals surface area contributed by atoms with Crippen LogP contribution in [-0.4, -0.2) is 0 Å². The molecule has 36 heavy (non-hydrogen) atoms. The van der Waals surface area contributed by atoms with Gasteiger partial charge >= 0.3 is 0 Å². The van der Waals surface area contributed by atoms with Crippen molar-refractivity contribution in [2.75, 3.05) is 0 Å². The predicted octanol–water partition coefficient (Wildman–Crippen LogP) is 7.46. The summed E-state index contributed by atoms with van der Waals surface area (Å²) in [5.74, 6) is 0. The van der Waals surface area contributed by atoms with Crippen LogP contribution in [0.2, 0.25) is 0 Å². The van der Waals surface area contributed by atoms with Crippen LogP contribution in [0.3, 0.4) is 0 Å². The van der Waals surface area contributed by atoms with Gasteiger partial charge in [0.15, 0.2) is 0 Å². The number of hydrogen-bond donors (Lipinski definition) is 0. The molecule has 0 saturated heterocycles. The Kier molecular flexibility index (Phi) is 6.73. The molecular formula is C34H26P2. The molecule has 4 aromatic rings. The van der Waals surface area contributed by atoms with Crippen LogP contribution in [0.1, 0.15) is 0 Å². The van der Waals surface area contributed by atoms with E-state index in [1.54, 1.807) is 0 Å². The summed E-state index contributed by atoms with van der Waals surface area (Å²) in [5.41, 5.74) is 2.71. The number of hydrogen-bond acceptors (Lipinski definition) is 0. The summed E-state index contributed by atoms with van der Waals surface area (Å²) in [7, 11) is -1.33. The third-order valence-corrected chi connectivity index (χ3v) is 11.4. The lowest BCUT2D eigenvalue weighted by Crippen LogP contribution is -2.15. The monoisotopic (exact) mass is 496 g/mol. The molecule has 0 spiro atoms. The fourth-order valence-corrected chi connectivity index (χ4v) is 9.76. The standard InChI is InChI=1S/C34H26P2/c1-5-15-27(16-6-1)35(28-17-7-2-8-18-28)33-25-13-23-31(33)32-24-14-26-34(32)36(29-19-9-3-10-20-29)30-21-11-4-12-22-30/h1-26H. The normalized spacial score (nSPS) is 16.6. The van der Waals surface area contributed by atoms with Gasteiger partial charge in [0.05, 0.1) is 0 Å². The molecule has 0 saturated carbocycles. The lowest BCUT2D eigenvalue weighted by molar-refractivity contribution is 1.58. The molecule has 4 aromatic carbocycles. The van der Waals surface area contributed by atoms with Crippen molar-refractivity contribution >= 4 is 37.1 Å². The number of allylic oxidation sites excluding steroid dienone is 10. The van der Waals surface area contributed by atoms with E-state index >= 15 is 0 Å². The van der Waals surface area contributed by atoms with Crippen molar-refractivity contribution in [1.29, 1.82) is 0 Å². The van der Waals surface area contributed by atoms with Crippen molar-refractivity contribution in [2.24, 2.45) is 0 Å². The molecule has 0 heterocycles. The Morgan fingerprint density at radius 1 is 0.333 bits per heavy atom. The van der Waals surface area contributed by atoms with Crippen molar-refractivity contribution in [3.63, 3.8) is 0 Å². The third-order valence-electron chi connectivity index (χ3n) is 6.42. The highest BCUT2D eigenvalue weighted by molar-refractivity contribution is 7.77. The Labute approximate surface area is 216 Å². The highest BCUT2D eigenvalue weighted by Crippen LogP contribution is 2.55. The van der Waals surface area contributed by atoms with Gasteiger partial charge in [0, 0.05) is 0 Å². The topological polar surface area (TPSA) is 0 Å². The van der Waals surface area contributed by atoms with Gasteiger partial charge in [-0.15, -0.1) is 0 Å². The van der Waals surface area contributed by atoms with Gasteiger partial charge < -0.3 is 0 Å². The highest BCUT2D eigenvalue weighted by atomic mass is 31.1. The van der Waals surface area contributed by atoms with E-state index in [1.165, 1.54) is 43.0 Å². The minimum atomic E-state index is -0.667. The highest BCUT2D eigenvalue weighted by Gasteiger charge is 2.29. The predicted molar refractivity (Wildman–Crippen MR) is 160 cm³/mol. The van der Waals surface area contributed by atoms with Crippen molar-refractivity contribution < 1.29 is 0 Å². The molecule has 172 valence electrons.